The Balaban J connectivity index is 1.75. The van der Waals surface area contributed by atoms with Crippen LogP contribution in [0.1, 0.15) is 10.4 Å². The minimum atomic E-state index is -0.371. The second kappa shape index (κ2) is 7.66. The fourth-order valence-corrected chi connectivity index (χ4v) is 2.97. The highest BCUT2D eigenvalue weighted by Gasteiger charge is 2.10. The smallest absolute Gasteiger partial charge is 0.337 e. The average molecular weight is 390 g/mol. The van der Waals surface area contributed by atoms with Gasteiger partial charge >= 0.3 is 5.97 Å². The van der Waals surface area contributed by atoms with E-state index in [4.69, 9.17) is 21.3 Å². The summed E-state index contributed by atoms with van der Waals surface area (Å²) in [5.41, 5.74) is 3.00. The van der Waals surface area contributed by atoms with Crippen LogP contribution in [0.15, 0.2) is 72.8 Å². The molecule has 1 N–H and O–H groups in total. The van der Waals surface area contributed by atoms with Gasteiger partial charge in [-0.2, -0.15) is 0 Å². The van der Waals surface area contributed by atoms with E-state index in [0.29, 0.717) is 22.2 Å². The van der Waals surface area contributed by atoms with Crippen LogP contribution in [0.25, 0.3) is 22.3 Å². The SMILES string of the molecule is COC(=O)c1ccc(Nc2nc(-c3ccc(Cl)cc3)nc3ccccc23)cc1. The minimum absolute atomic E-state index is 0.371. The lowest BCUT2D eigenvalue weighted by molar-refractivity contribution is 0.0601. The number of halogens is 1. The summed E-state index contributed by atoms with van der Waals surface area (Å²) < 4.78 is 4.74. The van der Waals surface area contributed by atoms with E-state index in [1.807, 2.05) is 60.7 Å². The van der Waals surface area contributed by atoms with Gasteiger partial charge in [-0.1, -0.05) is 23.7 Å². The lowest BCUT2D eigenvalue weighted by Gasteiger charge is -2.11. The van der Waals surface area contributed by atoms with E-state index in [1.54, 1.807) is 12.1 Å². The van der Waals surface area contributed by atoms with Gasteiger partial charge in [0.05, 0.1) is 18.2 Å². The molecule has 0 saturated carbocycles. The molecule has 6 heteroatoms. The molecule has 0 aliphatic carbocycles. The van der Waals surface area contributed by atoms with Crippen molar-refractivity contribution in [3.05, 3.63) is 83.4 Å². The molecular weight excluding hydrogens is 374 g/mol. The number of hydrogen-bond donors (Lipinski definition) is 1. The number of aromatic nitrogens is 2. The third-order valence-electron chi connectivity index (χ3n) is 4.27. The van der Waals surface area contributed by atoms with Crippen molar-refractivity contribution in [1.29, 1.82) is 0 Å². The first kappa shape index (κ1) is 17.9. The van der Waals surface area contributed by atoms with Crippen molar-refractivity contribution in [1.82, 2.24) is 9.97 Å². The van der Waals surface area contributed by atoms with Gasteiger partial charge in [0.15, 0.2) is 5.82 Å². The summed E-state index contributed by atoms with van der Waals surface area (Å²) in [6, 6.07) is 22.2. The average Bonchev–Trinajstić information content (AvgIpc) is 2.74. The molecule has 0 aliphatic rings. The maximum atomic E-state index is 11.6. The molecule has 0 unspecified atom stereocenters. The molecule has 0 fully saturated rings. The number of ether oxygens (including phenoxy) is 1. The Morgan fingerprint density at radius 2 is 1.64 bits per heavy atom. The van der Waals surface area contributed by atoms with E-state index in [1.165, 1.54) is 7.11 Å². The number of carbonyl (C=O) groups excluding carboxylic acids is 1. The number of esters is 1. The van der Waals surface area contributed by atoms with Crippen LogP contribution in [0.3, 0.4) is 0 Å². The number of carbonyl (C=O) groups is 1. The van der Waals surface area contributed by atoms with Crippen LogP contribution in [-0.2, 0) is 4.74 Å². The highest BCUT2D eigenvalue weighted by atomic mass is 35.5. The summed E-state index contributed by atoms with van der Waals surface area (Å²) in [7, 11) is 1.36. The Hall–Kier alpha value is -3.44. The number of benzene rings is 3. The van der Waals surface area contributed by atoms with Crippen molar-refractivity contribution in [2.24, 2.45) is 0 Å². The molecule has 138 valence electrons. The Morgan fingerprint density at radius 3 is 2.36 bits per heavy atom. The molecule has 0 radical (unpaired) electrons. The first-order chi connectivity index (χ1) is 13.6. The molecule has 0 amide bonds. The number of rotatable bonds is 4. The van der Waals surface area contributed by atoms with Crippen LogP contribution in [0, 0.1) is 0 Å². The van der Waals surface area contributed by atoms with Crippen molar-refractivity contribution < 1.29 is 9.53 Å². The summed E-state index contributed by atoms with van der Waals surface area (Å²) >= 11 is 5.99. The Labute approximate surface area is 167 Å². The van der Waals surface area contributed by atoms with Gasteiger partial charge in [0.2, 0.25) is 0 Å². The number of para-hydroxylation sites is 1. The van der Waals surface area contributed by atoms with Gasteiger partial charge in [-0.25, -0.2) is 14.8 Å². The van der Waals surface area contributed by atoms with Gasteiger partial charge in [-0.05, 0) is 60.7 Å². The molecule has 0 aliphatic heterocycles. The number of methoxy groups -OCH3 is 1. The summed E-state index contributed by atoms with van der Waals surface area (Å²) in [6.45, 7) is 0. The fourth-order valence-electron chi connectivity index (χ4n) is 2.84. The zero-order valence-corrected chi connectivity index (χ0v) is 15.8. The molecular formula is C22H16ClN3O2. The molecule has 0 saturated heterocycles. The Bertz CT molecular complexity index is 1140. The lowest BCUT2D eigenvalue weighted by Crippen LogP contribution is -2.02. The topological polar surface area (TPSA) is 64.1 Å². The van der Waals surface area contributed by atoms with Crippen LogP contribution >= 0.6 is 11.6 Å². The van der Waals surface area contributed by atoms with Crippen LogP contribution < -0.4 is 5.32 Å². The van der Waals surface area contributed by atoms with Gasteiger partial charge < -0.3 is 10.1 Å². The molecule has 5 nitrogen and oxygen atoms in total. The first-order valence-corrected chi connectivity index (χ1v) is 9.00. The predicted octanol–water partition coefficient (Wildman–Crippen LogP) is 5.48. The van der Waals surface area contributed by atoms with E-state index in [9.17, 15) is 4.79 Å². The van der Waals surface area contributed by atoms with Gasteiger partial charge in [0, 0.05) is 21.7 Å². The van der Waals surface area contributed by atoms with Crippen molar-refractivity contribution in [3.63, 3.8) is 0 Å². The van der Waals surface area contributed by atoms with Gasteiger partial charge in [0.1, 0.15) is 5.82 Å². The standard InChI is InChI=1S/C22H16ClN3O2/c1-28-22(27)15-8-12-17(13-9-15)24-21-18-4-2-3-5-19(18)25-20(26-21)14-6-10-16(23)11-7-14/h2-13H,1H3,(H,24,25,26). The lowest BCUT2D eigenvalue weighted by atomic mass is 10.1. The minimum Gasteiger partial charge on any atom is -0.465 e. The third-order valence-corrected chi connectivity index (χ3v) is 4.53. The van der Waals surface area contributed by atoms with E-state index in [0.717, 1.165) is 22.2 Å². The summed E-state index contributed by atoms with van der Waals surface area (Å²) in [5, 5.41) is 4.88. The maximum Gasteiger partial charge on any atom is 0.337 e. The highest BCUT2D eigenvalue weighted by molar-refractivity contribution is 6.30. The Kier molecular flexibility index (Phi) is 4.91. The van der Waals surface area contributed by atoms with Crippen molar-refractivity contribution in [2.75, 3.05) is 12.4 Å². The second-order valence-electron chi connectivity index (χ2n) is 6.11. The Morgan fingerprint density at radius 1 is 0.929 bits per heavy atom. The van der Waals surface area contributed by atoms with E-state index < -0.39 is 0 Å². The summed E-state index contributed by atoms with van der Waals surface area (Å²) in [5.74, 6) is 0.912. The van der Waals surface area contributed by atoms with Crippen molar-refractivity contribution in [3.8, 4) is 11.4 Å². The predicted molar refractivity (Wildman–Crippen MR) is 111 cm³/mol. The van der Waals surface area contributed by atoms with Crippen LogP contribution in [-0.4, -0.2) is 23.0 Å². The third kappa shape index (κ3) is 3.66. The van der Waals surface area contributed by atoms with Crippen molar-refractivity contribution >= 4 is 40.0 Å². The van der Waals surface area contributed by atoms with Crippen LogP contribution in [0.4, 0.5) is 11.5 Å². The van der Waals surface area contributed by atoms with E-state index in [2.05, 4.69) is 10.3 Å². The highest BCUT2D eigenvalue weighted by Crippen LogP contribution is 2.28. The molecule has 1 heterocycles. The van der Waals surface area contributed by atoms with Gasteiger partial charge in [0.25, 0.3) is 0 Å². The molecule has 4 aromatic rings. The maximum absolute atomic E-state index is 11.6. The summed E-state index contributed by atoms with van der Waals surface area (Å²) in [6.07, 6.45) is 0. The number of nitrogens with one attached hydrogen (secondary N) is 1. The van der Waals surface area contributed by atoms with E-state index >= 15 is 0 Å². The first-order valence-electron chi connectivity index (χ1n) is 8.62. The van der Waals surface area contributed by atoms with Crippen LogP contribution in [0.5, 0.6) is 0 Å². The molecule has 3 aromatic carbocycles. The van der Waals surface area contributed by atoms with Crippen LogP contribution in [0.2, 0.25) is 5.02 Å². The van der Waals surface area contributed by atoms with Gasteiger partial charge in [-0.3, -0.25) is 0 Å². The quantitative estimate of drug-likeness (QED) is 0.468. The monoisotopic (exact) mass is 389 g/mol. The number of anilines is 2. The molecule has 4 rings (SSSR count). The zero-order chi connectivity index (χ0) is 19.5. The molecule has 0 spiro atoms. The second-order valence-corrected chi connectivity index (χ2v) is 6.55. The molecule has 0 bridgehead atoms. The van der Waals surface area contributed by atoms with Gasteiger partial charge in [-0.15, -0.1) is 0 Å². The zero-order valence-electron chi connectivity index (χ0n) is 15.0. The number of fused-ring (bicyclic) bond motifs is 1. The summed E-state index contributed by atoms with van der Waals surface area (Å²) in [4.78, 5) is 21.0. The fraction of sp³-hybridized carbons (Fsp3) is 0.0455. The number of nitrogens with zero attached hydrogens (tertiary/aromatic N) is 2. The van der Waals surface area contributed by atoms with E-state index in [-0.39, 0.29) is 5.97 Å². The molecule has 0 atom stereocenters. The molecule has 28 heavy (non-hydrogen) atoms. The molecule has 1 aromatic heterocycles. The normalized spacial score (nSPS) is 10.6. The number of hydrogen-bond acceptors (Lipinski definition) is 5. The van der Waals surface area contributed by atoms with Crippen molar-refractivity contribution in [2.45, 2.75) is 0 Å². The largest absolute Gasteiger partial charge is 0.465 e.